The summed E-state index contributed by atoms with van der Waals surface area (Å²) in [6.07, 6.45) is 4.25. The molecule has 0 amide bonds. The van der Waals surface area contributed by atoms with Crippen LogP contribution >= 0.6 is 11.3 Å². The van der Waals surface area contributed by atoms with Crippen LogP contribution in [0.1, 0.15) is 43.1 Å². The molecule has 0 aliphatic heterocycles. The SMILES string of the molecule is CC(C)S(=O)(=O)c1ncc(CN(C)[C@@H](C)c2nccs2)n1CCc1ccccc1. The molecule has 3 rings (SSSR count). The van der Waals surface area contributed by atoms with Crippen molar-refractivity contribution in [3.8, 4) is 0 Å². The topological polar surface area (TPSA) is 68.1 Å². The molecule has 0 N–H and O–H groups in total. The first-order chi connectivity index (χ1) is 13.8. The largest absolute Gasteiger partial charge is 0.317 e. The molecule has 0 aliphatic rings. The predicted molar refractivity (Wildman–Crippen MR) is 117 cm³/mol. The standard InChI is InChI=1S/C21H28N4O2S2/c1-16(2)29(26,27)21-23-14-19(15-24(4)17(3)20-22-11-13-28-20)25(21)12-10-18-8-6-5-7-9-18/h5-9,11,13-14,16-17H,10,12,15H2,1-4H3/t17-/m0/s1. The summed E-state index contributed by atoms with van der Waals surface area (Å²) in [5, 5.41) is 2.66. The first-order valence-corrected chi connectivity index (χ1v) is 12.1. The molecular formula is C21H28N4O2S2. The quantitative estimate of drug-likeness (QED) is 0.512. The van der Waals surface area contributed by atoms with Crippen molar-refractivity contribution < 1.29 is 8.42 Å². The Bertz CT molecular complexity index is 1010. The predicted octanol–water partition coefficient (Wildman–Crippen LogP) is 3.96. The zero-order valence-corrected chi connectivity index (χ0v) is 18.9. The third-order valence-electron chi connectivity index (χ3n) is 5.12. The Labute approximate surface area is 177 Å². The molecule has 0 unspecified atom stereocenters. The van der Waals surface area contributed by atoms with Gasteiger partial charge in [-0.25, -0.2) is 18.4 Å². The zero-order chi connectivity index (χ0) is 21.0. The van der Waals surface area contributed by atoms with E-state index < -0.39 is 15.1 Å². The van der Waals surface area contributed by atoms with E-state index in [9.17, 15) is 8.42 Å². The Hall–Kier alpha value is -2.03. The summed E-state index contributed by atoms with van der Waals surface area (Å²) in [6, 6.07) is 10.2. The van der Waals surface area contributed by atoms with Crippen LogP contribution in [0.2, 0.25) is 0 Å². The lowest BCUT2D eigenvalue weighted by molar-refractivity contribution is 0.245. The highest BCUT2D eigenvalue weighted by Gasteiger charge is 2.27. The molecular weight excluding hydrogens is 404 g/mol. The van der Waals surface area contributed by atoms with Crippen molar-refractivity contribution in [3.05, 3.63) is 64.4 Å². The van der Waals surface area contributed by atoms with Crippen molar-refractivity contribution in [2.24, 2.45) is 0 Å². The van der Waals surface area contributed by atoms with Gasteiger partial charge >= 0.3 is 0 Å². The van der Waals surface area contributed by atoms with Crippen LogP contribution in [0.15, 0.2) is 53.3 Å². The summed E-state index contributed by atoms with van der Waals surface area (Å²) in [5.74, 6) is 0. The molecule has 1 aromatic carbocycles. The van der Waals surface area contributed by atoms with Gasteiger partial charge in [-0.3, -0.25) is 4.90 Å². The second-order valence-corrected chi connectivity index (χ2v) is 10.8. The first kappa shape index (κ1) is 21.7. The number of sulfone groups is 1. The van der Waals surface area contributed by atoms with Crippen LogP contribution in [-0.2, 0) is 29.3 Å². The van der Waals surface area contributed by atoms with E-state index in [4.69, 9.17) is 0 Å². The molecule has 0 aliphatic carbocycles. The van der Waals surface area contributed by atoms with E-state index in [1.165, 1.54) is 5.56 Å². The maximum atomic E-state index is 12.9. The number of aryl methyl sites for hydroxylation is 1. The number of thiazole rings is 1. The maximum Gasteiger partial charge on any atom is 0.228 e. The molecule has 3 aromatic rings. The Balaban J connectivity index is 1.88. The third kappa shape index (κ3) is 4.94. The molecule has 2 heterocycles. The van der Waals surface area contributed by atoms with Crippen molar-refractivity contribution in [1.29, 1.82) is 0 Å². The lowest BCUT2D eigenvalue weighted by Gasteiger charge is -2.24. The minimum Gasteiger partial charge on any atom is -0.317 e. The van der Waals surface area contributed by atoms with Gasteiger partial charge in [-0.05, 0) is 39.8 Å². The average molecular weight is 433 g/mol. The maximum absolute atomic E-state index is 12.9. The molecule has 29 heavy (non-hydrogen) atoms. The molecule has 8 heteroatoms. The summed E-state index contributed by atoms with van der Waals surface area (Å²) >= 11 is 1.62. The smallest absolute Gasteiger partial charge is 0.228 e. The molecule has 0 bridgehead atoms. The highest BCUT2D eigenvalue weighted by atomic mass is 32.2. The molecule has 6 nitrogen and oxygen atoms in total. The summed E-state index contributed by atoms with van der Waals surface area (Å²) in [4.78, 5) is 10.9. The Morgan fingerprint density at radius 2 is 1.86 bits per heavy atom. The molecule has 0 spiro atoms. The molecule has 2 aromatic heterocycles. The van der Waals surface area contributed by atoms with E-state index in [0.29, 0.717) is 13.1 Å². The first-order valence-electron chi connectivity index (χ1n) is 9.72. The van der Waals surface area contributed by atoms with Crippen molar-refractivity contribution in [2.45, 2.75) is 56.7 Å². The fourth-order valence-electron chi connectivity index (χ4n) is 3.10. The Morgan fingerprint density at radius 1 is 1.14 bits per heavy atom. The average Bonchev–Trinajstić information content (AvgIpc) is 3.37. The monoisotopic (exact) mass is 432 g/mol. The lowest BCUT2D eigenvalue weighted by atomic mass is 10.1. The third-order valence-corrected chi connectivity index (χ3v) is 8.15. The van der Waals surface area contributed by atoms with Gasteiger partial charge in [-0.1, -0.05) is 30.3 Å². The van der Waals surface area contributed by atoms with Gasteiger partial charge in [-0.15, -0.1) is 11.3 Å². The van der Waals surface area contributed by atoms with E-state index in [0.717, 1.165) is 17.1 Å². The second kappa shape index (κ2) is 9.19. The van der Waals surface area contributed by atoms with Gasteiger partial charge in [0.1, 0.15) is 5.01 Å². The number of benzene rings is 1. The van der Waals surface area contributed by atoms with Crippen LogP contribution in [0.3, 0.4) is 0 Å². The van der Waals surface area contributed by atoms with Crippen LogP contribution in [0.5, 0.6) is 0 Å². The van der Waals surface area contributed by atoms with Crippen LogP contribution in [0.4, 0.5) is 0 Å². The van der Waals surface area contributed by atoms with Crippen molar-refractivity contribution >= 4 is 21.2 Å². The number of imidazole rings is 1. The van der Waals surface area contributed by atoms with Gasteiger partial charge < -0.3 is 4.57 Å². The van der Waals surface area contributed by atoms with E-state index >= 15 is 0 Å². The summed E-state index contributed by atoms with van der Waals surface area (Å²) in [6.45, 7) is 6.66. The number of hydrogen-bond acceptors (Lipinski definition) is 6. The fourth-order valence-corrected chi connectivity index (χ4v) is 5.00. The van der Waals surface area contributed by atoms with Gasteiger partial charge in [0, 0.05) is 24.7 Å². The fraction of sp³-hybridized carbons (Fsp3) is 0.429. The highest BCUT2D eigenvalue weighted by molar-refractivity contribution is 7.91. The molecule has 0 saturated carbocycles. The lowest BCUT2D eigenvalue weighted by Crippen LogP contribution is -2.25. The van der Waals surface area contributed by atoms with Gasteiger partial charge in [0.05, 0.1) is 23.2 Å². The summed E-state index contributed by atoms with van der Waals surface area (Å²) < 4.78 is 27.6. The van der Waals surface area contributed by atoms with Crippen molar-refractivity contribution in [1.82, 2.24) is 19.4 Å². The van der Waals surface area contributed by atoms with E-state index in [1.54, 1.807) is 31.4 Å². The molecule has 0 fully saturated rings. The minimum absolute atomic E-state index is 0.137. The highest BCUT2D eigenvalue weighted by Crippen LogP contribution is 2.24. The van der Waals surface area contributed by atoms with Crippen molar-refractivity contribution in [2.75, 3.05) is 7.05 Å². The number of nitrogens with zero attached hydrogens (tertiary/aromatic N) is 4. The zero-order valence-electron chi connectivity index (χ0n) is 17.3. The van der Waals surface area contributed by atoms with Crippen LogP contribution in [0, 0.1) is 0 Å². The Kier molecular flexibility index (Phi) is 6.87. The van der Waals surface area contributed by atoms with Gasteiger partial charge in [0.15, 0.2) is 0 Å². The van der Waals surface area contributed by atoms with Gasteiger partial charge in [0.2, 0.25) is 15.0 Å². The number of rotatable bonds is 9. The van der Waals surface area contributed by atoms with Crippen LogP contribution < -0.4 is 0 Å². The normalized spacial score (nSPS) is 13.3. The minimum atomic E-state index is -3.47. The number of hydrogen-bond donors (Lipinski definition) is 0. The summed E-state index contributed by atoms with van der Waals surface area (Å²) in [7, 11) is -1.44. The van der Waals surface area contributed by atoms with E-state index in [-0.39, 0.29) is 11.2 Å². The van der Waals surface area contributed by atoms with E-state index in [2.05, 4.69) is 33.9 Å². The molecule has 0 saturated heterocycles. The van der Waals surface area contributed by atoms with Crippen molar-refractivity contribution in [3.63, 3.8) is 0 Å². The van der Waals surface area contributed by atoms with Crippen LogP contribution in [0.25, 0.3) is 0 Å². The van der Waals surface area contributed by atoms with E-state index in [1.807, 2.05) is 41.4 Å². The second-order valence-electron chi connectivity index (χ2n) is 7.47. The molecule has 0 radical (unpaired) electrons. The van der Waals surface area contributed by atoms with Gasteiger partial charge in [-0.2, -0.15) is 0 Å². The molecule has 156 valence electrons. The summed E-state index contributed by atoms with van der Waals surface area (Å²) in [5.41, 5.74) is 2.07. The van der Waals surface area contributed by atoms with Crippen LogP contribution in [-0.4, -0.2) is 40.2 Å². The Morgan fingerprint density at radius 3 is 2.48 bits per heavy atom. The molecule has 1 atom stereocenters. The number of aromatic nitrogens is 3. The van der Waals surface area contributed by atoms with Gasteiger partial charge in [0.25, 0.3) is 0 Å².